The summed E-state index contributed by atoms with van der Waals surface area (Å²) in [5, 5.41) is 20.0. The van der Waals surface area contributed by atoms with E-state index in [1.54, 1.807) is 43.4 Å². The molecule has 4 unspecified atom stereocenters. The van der Waals surface area contributed by atoms with Crippen molar-refractivity contribution in [2.24, 2.45) is 5.92 Å². The van der Waals surface area contributed by atoms with E-state index in [1.165, 1.54) is 35.8 Å². The van der Waals surface area contributed by atoms with Crippen molar-refractivity contribution in [2.75, 3.05) is 31.8 Å². The van der Waals surface area contributed by atoms with Gasteiger partial charge < -0.3 is 15.0 Å². The van der Waals surface area contributed by atoms with Crippen LogP contribution in [0.15, 0.2) is 48.5 Å². The van der Waals surface area contributed by atoms with E-state index in [2.05, 4.69) is 16.0 Å². The van der Waals surface area contributed by atoms with E-state index in [0.717, 1.165) is 4.90 Å². The molecule has 12 nitrogen and oxygen atoms in total. The maximum Gasteiger partial charge on any atom is 0.327 e. The number of fused-ring (bicyclic) bond motifs is 1. The minimum absolute atomic E-state index is 0.0453. The number of benzene rings is 2. The SMILES string of the molecule is CCOc1ccc(NC(=O)CSC2NC(c3ccc([N+](=O)[O-])cc3)NC3C2C(=O)N(C)C(=O)N3C)cc1. The first kappa shape index (κ1) is 26.4. The predicted octanol–water partition coefficient (Wildman–Crippen LogP) is 2.35. The van der Waals surface area contributed by atoms with E-state index >= 15 is 0 Å². The zero-order valence-corrected chi connectivity index (χ0v) is 21.4. The minimum Gasteiger partial charge on any atom is -0.494 e. The van der Waals surface area contributed by atoms with Crippen LogP contribution in [0.4, 0.5) is 16.2 Å². The summed E-state index contributed by atoms with van der Waals surface area (Å²) < 4.78 is 5.41. The predicted molar refractivity (Wildman–Crippen MR) is 138 cm³/mol. The van der Waals surface area contributed by atoms with Gasteiger partial charge in [0.1, 0.15) is 5.75 Å². The molecule has 0 spiro atoms. The number of nitro groups is 1. The molecule has 4 amide bonds. The summed E-state index contributed by atoms with van der Waals surface area (Å²) in [5.41, 5.74) is 1.27. The molecule has 2 fully saturated rings. The van der Waals surface area contributed by atoms with Crippen molar-refractivity contribution in [3.8, 4) is 5.75 Å². The van der Waals surface area contributed by atoms with Crippen molar-refractivity contribution in [3.63, 3.8) is 0 Å². The highest BCUT2D eigenvalue weighted by atomic mass is 32.2. The van der Waals surface area contributed by atoms with Gasteiger partial charge in [0.15, 0.2) is 0 Å². The van der Waals surface area contributed by atoms with Crippen LogP contribution in [0, 0.1) is 16.0 Å². The van der Waals surface area contributed by atoms with Gasteiger partial charge in [-0.3, -0.25) is 35.2 Å². The van der Waals surface area contributed by atoms with Crippen molar-refractivity contribution in [1.82, 2.24) is 20.4 Å². The van der Waals surface area contributed by atoms with Gasteiger partial charge in [-0.25, -0.2) is 4.79 Å². The van der Waals surface area contributed by atoms with Gasteiger partial charge in [-0.05, 0) is 48.9 Å². The van der Waals surface area contributed by atoms with Crippen LogP contribution in [0.1, 0.15) is 18.7 Å². The fourth-order valence-electron chi connectivity index (χ4n) is 4.34. The molecule has 2 aliphatic heterocycles. The first-order valence-electron chi connectivity index (χ1n) is 11.6. The van der Waals surface area contributed by atoms with E-state index in [-0.39, 0.29) is 23.3 Å². The molecule has 4 atom stereocenters. The number of nitro benzene ring substituents is 1. The van der Waals surface area contributed by atoms with Gasteiger partial charge in [-0.15, -0.1) is 11.8 Å². The van der Waals surface area contributed by atoms with E-state index in [4.69, 9.17) is 4.74 Å². The molecule has 2 aromatic rings. The van der Waals surface area contributed by atoms with Gasteiger partial charge in [-0.2, -0.15) is 0 Å². The number of amides is 4. The van der Waals surface area contributed by atoms with Crippen molar-refractivity contribution in [2.45, 2.75) is 24.6 Å². The second-order valence-corrected chi connectivity index (χ2v) is 9.74. The number of imide groups is 1. The van der Waals surface area contributed by atoms with E-state index in [9.17, 15) is 24.5 Å². The second kappa shape index (κ2) is 11.2. The Hall–Kier alpha value is -3.68. The summed E-state index contributed by atoms with van der Waals surface area (Å²) in [6.45, 7) is 2.43. The van der Waals surface area contributed by atoms with Gasteiger partial charge in [0, 0.05) is 31.9 Å². The number of anilines is 1. The van der Waals surface area contributed by atoms with Gasteiger partial charge in [0.05, 0.1) is 40.9 Å². The van der Waals surface area contributed by atoms with Crippen molar-refractivity contribution >= 4 is 41.0 Å². The number of urea groups is 1. The van der Waals surface area contributed by atoms with Crippen LogP contribution in [-0.4, -0.2) is 70.6 Å². The van der Waals surface area contributed by atoms with Crippen molar-refractivity contribution in [1.29, 1.82) is 0 Å². The topological polar surface area (TPSA) is 146 Å². The standard InChI is InChI=1S/C24H28N6O6S/c1-4-36-17-11-7-15(8-12-17)25-18(31)13-37-22-19-21(28(2)24(33)29(3)23(19)32)26-20(27-22)14-5-9-16(10-6-14)30(34)35/h5-12,19-22,26-27H,4,13H2,1-3H3,(H,25,31). The molecule has 2 saturated heterocycles. The Morgan fingerprint density at radius 3 is 2.41 bits per heavy atom. The molecule has 37 heavy (non-hydrogen) atoms. The number of thioether (sulfide) groups is 1. The third-order valence-electron chi connectivity index (χ3n) is 6.24. The Labute approximate surface area is 217 Å². The lowest BCUT2D eigenvalue weighted by Gasteiger charge is -2.50. The second-order valence-electron chi connectivity index (χ2n) is 8.61. The number of carbonyl (C=O) groups excluding carboxylic acids is 3. The number of nitrogens with one attached hydrogen (secondary N) is 3. The molecule has 13 heteroatoms. The van der Waals surface area contributed by atoms with Crippen LogP contribution < -0.4 is 20.7 Å². The Morgan fingerprint density at radius 2 is 1.78 bits per heavy atom. The number of ether oxygens (including phenoxy) is 1. The van der Waals surface area contributed by atoms with Crippen LogP contribution in [0.3, 0.4) is 0 Å². The normalized spacial score (nSPS) is 23.4. The van der Waals surface area contributed by atoms with Gasteiger partial charge in [-0.1, -0.05) is 0 Å². The molecule has 0 aromatic heterocycles. The summed E-state index contributed by atoms with van der Waals surface area (Å²) in [7, 11) is 3.04. The van der Waals surface area contributed by atoms with Crippen LogP contribution in [0.5, 0.6) is 5.75 Å². The molecule has 0 aliphatic carbocycles. The molecular formula is C24H28N6O6S. The average Bonchev–Trinajstić information content (AvgIpc) is 2.90. The first-order valence-corrected chi connectivity index (χ1v) is 12.7. The lowest BCUT2D eigenvalue weighted by atomic mass is 9.96. The monoisotopic (exact) mass is 528 g/mol. The Bertz CT molecular complexity index is 1180. The Balaban J connectivity index is 1.50. The minimum atomic E-state index is -0.662. The molecule has 0 radical (unpaired) electrons. The van der Waals surface area contributed by atoms with Crippen molar-refractivity contribution in [3.05, 3.63) is 64.2 Å². The molecular weight excluding hydrogens is 500 g/mol. The fraction of sp³-hybridized carbons (Fsp3) is 0.375. The zero-order valence-electron chi connectivity index (χ0n) is 20.5. The van der Waals surface area contributed by atoms with Crippen molar-refractivity contribution < 1.29 is 24.0 Å². The summed E-state index contributed by atoms with van der Waals surface area (Å²) in [5.74, 6) is -0.518. The number of hydrogen-bond donors (Lipinski definition) is 3. The maximum atomic E-state index is 13.1. The Kier molecular flexibility index (Phi) is 7.95. The lowest BCUT2D eigenvalue weighted by Crippen LogP contribution is -2.72. The number of nitrogens with zero attached hydrogens (tertiary/aromatic N) is 3. The van der Waals surface area contributed by atoms with E-state index in [0.29, 0.717) is 23.6 Å². The molecule has 0 bridgehead atoms. The third kappa shape index (κ3) is 5.68. The summed E-state index contributed by atoms with van der Waals surface area (Å²) >= 11 is 1.26. The third-order valence-corrected chi connectivity index (χ3v) is 7.45. The number of rotatable bonds is 8. The molecule has 2 heterocycles. The summed E-state index contributed by atoms with van der Waals surface area (Å²) in [6.07, 6.45) is -1.15. The maximum absolute atomic E-state index is 13.1. The van der Waals surface area contributed by atoms with Crippen LogP contribution in [0.25, 0.3) is 0 Å². The molecule has 0 saturated carbocycles. The van der Waals surface area contributed by atoms with E-state index in [1.807, 2.05) is 6.92 Å². The highest BCUT2D eigenvalue weighted by Gasteiger charge is 2.51. The highest BCUT2D eigenvalue weighted by molar-refractivity contribution is 8.00. The van der Waals surface area contributed by atoms with Gasteiger partial charge in [0.25, 0.3) is 5.69 Å². The number of hydrogen-bond acceptors (Lipinski definition) is 9. The largest absolute Gasteiger partial charge is 0.494 e. The quantitative estimate of drug-likeness (QED) is 0.347. The fourth-order valence-corrected chi connectivity index (χ4v) is 5.45. The van der Waals surface area contributed by atoms with Crippen LogP contribution >= 0.6 is 11.8 Å². The summed E-state index contributed by atoms with van der Waals surface area (Å²) in [6, 6.07) is 12.6. The van der Waals surface area contributed by atoms with Crippen LogP contribution in [0.2, 0.25) is 0 Å². The number of carbonyl (C=O) groups is 3. The molecule has 2 aliphatic rings. The molecule has 2 aromatic carbocycles. The van der Waals surface area contributed by atoms with E-state index < -0.39 is 34.6 Å². The van der Waals surface area contributed by atoms with Crippen LogP contribution in [-0.2, 0) is 9.59 Å². The molecule has 3 N–H and O–H groups in total. The Morgan fingerprint density at radius 1 is 1.11 bits per heavy atom. The first-order chi connectivity index (χ1) is 17.7. The zero-order chi connectivity index (χ0) is 26.7. The molecule has 4 rings (SSSR count). The lowest BCUT2D eigenvalue weighted by molar-refractivity contribution is -0.384. The smallest absolute Gasteiger partial charge is 0.327 e. The highest BCUT2D eigenvalue weighted by Crippen LogP contribution is 2.34. The average molecular weight is 529 g/mol. The summed E-state index contributed by atoms with van der Waals surface area (Å²) in [4.78, 5) is 51.5. The van der Waals surface area contributed by atoms with Gasteiger partial charge >= 0.3 is 6.03 Å². The van der Waals surface area contributed by atoms with Gasteiger partial charge in [0.2, 0.25) is 11.8 Å². The molecule has 196 valence electrons. The number of non-ortho nitro benzene ring substituents is 1.